The smallest absolute Gasteiger partial charge is 0.408 e. The first-order valence-electron chi connectivity index (χ1n) is 6.62. The Morgan fingerprint density at radius 1 is 1.38 bits per heavy atom. The number of amides is 1. The van der Waals surface area contributed by atoms with Gasteiger partial charge >= 0.3 is 6.09 Å². The first kappa shape index (κ1) is 16.8. The van der Waals surface area contributed by atoms with Crippen LogP contribution < -0.4 is 10.1 Å². The molecule has 0 unspecified atom stereocenters. The monoisotopic (exact) mass is 294 g/mol. The van der Waals surface area contributed by atoms with Gasteiger partial charge in [0, 0.05) is 5.56 Å². The number of alkyl carbamates (subject to hydrolysis) is 1. The number of ether oxygens (including phenoxy) is 2. The van der Waals surface area contributed by atoms with E-state index >= 15 is 0 Å². The molecule has 0 aliphatic rings. The molecule has 0 heterocycles. The van der Waals surface area contributed by atoms with Gasteiger partial charge in [0.25, 0.3) is 0 Å². The molecular formula is C15H22N2O4. The summed E-state index contributed by atoms with van der Waals surface area (Å²) >= 11 is 0. The summed E-state index contributed by atoms with van der Waals surface area (Å²) in [7, 11) is 1.55. The molecule has 0 aliphatic heterocycles. The maximum atomic E-state index is 11.7. The van der Waals surface area contributed by atoms with E-state index < -0.39 is 17.7 Å². The molecule has 1 aromatic carbocycles. The number of methoxy groups -OCH3 is 1. The Morgan fingerprint density at radius 3 is 2.57 bits per heavy atom. The third kappa shape index (κ3) is 5.33. The molecule has 116 valence electrons. The lowest BCUT2D eigenvalue weighted by molar-refractivity contribution is 0.0521. The van der Waals surface area contributed by atoms with Crippen molar-refractivity contribution in [2.75, 3.05) is 7.11 Å². The average molecular weight is 294 g/mol. The Balaban J connectivity index is 2.83. The van der Waals surface area contributed by atoms with Crippen molar-refractivity contribution >= 4 is 11.8 Å². The molecule has 0 aromatic heterocycles. The molecule has 1 amide bonds. The highest BCUT2D eigenvalue weighted by Gasteiger charge is 2.21. The van der Waals surface area contributed by atoms with Gasteiger partial charge in [-0.2, -0.15) is 0 Å². The third-order valence-corrected chi connectivity index (χ3v) is 2.62. The van der Waals surface area contributed by atoms with E-state index in [1.54, 1.807) is 59.1 Å². The van der Waals surface area contributed by atoms with Crippen LogP contribution in [0.5, 0.6) is 5.75 Å². The lowest BCUT2D eigenvalue weighted by atomic mass is 10.0. The van der Waals surface area contributed by atoms with Crippen LogP contribution in [0.25, 0.3) is 0 Å². The van der Waals surface area contributed by atoms with E-state index in [4.69, 9.17) is 9.47 Å². The molecule has 0 bridgehead atoms. The molecule has 6 heteroatoms. The quantitative estimate of drug-likeness (QED) is 0.508. The van der Waals surface area contributed by atoms with Crippen molar-refractivity contribution in [2.45, 2.75) is 39.3 Å². The number of rotatable bonds is 4. The van der Waals surface area contributed by atoms with E-state index in [9.17, 15) is 10.0 Å². The molecule has 0 aliphatic carbocycles. The molecule has 1 rings (SSSR count). The lowest BCUT2D eigenvalue weighted by Gasteiger charge is -2.22. The van der Waals surface area contributed by atoms with Crippen molar-refractivity contribution in [1.29, 1.82) is 0 Å². The van der Waals surface area contributed by atoms with Crippen LogP contribution in [0.15, 0.2) is 29.4 Å². The van der Waals surface area contributed by atoms with E-state index in [1.165, 1.54) is 0 Å². The summed E-state index contributed by atoms with van der Waals surface area (Å²) in [6.07, 6.45) is -0.570. The molecule has 0 spiro atoms. The fraction of sp³-hybridized carbons (Fsp3) is 0.467. The minimum atomic E-state index is -0.587. The average Bonchev–Trinajstić information content (AvgIpc) is 2.37. The molecule has 0 saturated carbocycles. The minimum Gasteiger partial charge on any atom is -0.497 e. The first-order valence-corrected chi connectivity index (χ1v) is 6.62. The summed E-state index contributed by atoms with van der Waals surface area (Å²) in [5.41, 5.74) is 0.385. The van der Waals surface area contributed by atoms with Crippen molar-refractivity contribution in [1.82, 2.24) is 5.32 Å². The fourth-order valence-corrected chi connectivity index (χ4v) is 1.73. The van der Waals surface area contributed by atoms with Gasteiger partial charge in [0.2, 0.25) is 0 Å². The van der Waals surface area contributed by atoms with Crippen LogP contribution in [0.3, 0.4) is 0 Å². The topological polar surface area (TPSA) is 80.2 Å². The highest BCUT2D eigenvalue weighted by Crippen LogP contribution is 2.15. The summed E-state index contributed by atoms with van der Waals surface area (Å²) in [5, 5.41) is 15.1. The van der Waals surface area contributed by atoms with Gasteiger partial charge in [-0.3, -0.25) is 0 Å². The van der Waals surface area contributed by atoms with Crippen LogP contribution in [-0.2, 0) is 4.74 Å². The van der Waals surface area contributed by atoms with Crippen LogP contribution in [0.1, 0.15) is 33.3 Å². The SMILES string of the molecule is COc1cccc(C(=NO)[C@@H](C)NC(=O)OC(C)(C)C)c1. The highest BCUT2D eigenvalue weighted by molar-refractivity contribution is 6.05. The van der Waals surface area contributed by atoms with E-state index in [-0.39, 0.29) is 0 Å². The zero-order valence-electron chi connectivity index (χ0n) is 13.0. The van der Waals surface area contributed by atoms with Gasteiger partial charge < -0.3 is 20.0 Å². The van der Waals surface area contributed by atoms with E-state index in [0.717, 1.165) is 0 Å². The van der Waals surface area contributed by atoms with E-state index in [1.807, 2.05) is 0 Å². The number of nitrogens with one attached hydrogen (secondary N) is 1. The standard InChI is InChI=1S/C15H22N2O4/c1-10(16-14(18)21-15(2,3)4)13(17-19)11-7-6-8-12(9-11)20-5/h6-10,19H,1-5H3,(H,16,18)/t10-/m1/s1. The first-order chi connectivity index (χ1) is 9.76. The van der Waals surface area contributed by atoms with Crippen LogP contribution >= 0.6 is 0 Å². The van der Waals surface area contributed by atoms with Gasteiger partial charge in [-0.25, -0.2) is 4.79 Å². The van der Waals surface area contributed by atoms with Gasteiger partial charge in [-0.15, -0.1) is 0 Å². The second kappa shape index (κ2) is 6.97. The van der Waals surface area contributed by atoms with Crippen molar-refractivity contribution < 1.29 is 19.5 Å². The molecular weight excluding hydrogens is 272 g/mol. The Hall–Kier alpha value is -2.24. The maximum Gasteiger partial charge on any atom is 0.408 e. The van der Waals surface area contributed by atoms with Gasteiger partial charge in [0.1, 0.15) is 17.1 Å². The van der Waals surface area contributed by atoms with Crippen molar-refractivity contribution in [3.05, 3.63) is 29.8 Å². The van der Waals surface area contributed by atoms with Crippen molar-refractivity contribution in [3.63, 3.8) is 0 Å². The zero-order valence-corrected chi connectivity index (χ0v) is 13.0. The number of oxime groups is 1. The third-order valence-electron chi connectivity index (χ3n) is 2.62. The Bertz CT molecular complexity index is 521. The number of hydrogen-bond donors (Lipinski definition) is 2. The van der Waals surface area contributed by atoms with Crippen LogP contribution in [0.2, 0.25) is 0 Å². The molecule has 1 atom stereocenters. The summed E-state index contributed by atoms with van der Waals surface area (Å²) in [6.45, 7) is 7.04. The molecule has 21 heavy (non-hydrogen) atoms. The van der Waals surface area contributed by atoms with Gasteiger partial charge in [0.15, 0.2) is 0 Å². The van der Waals surface area contributed by atoms with Crippen LogP contribution in [0, 0.1) is 0 Å². The van der Waals surface area contributed by atoms with E-state index in [2.05, 4.69) is 10.5 Å². The molecule has 0 radical (unpaired) electrons. The number of nitrogens with zero attached hydrogens (tertiary/aromatic N) is 1. The van der Waals surface area contributed by atoms with Crippen molar-refractivity contribution in [2.24, 2.45) is 5.16 Å². The Labute approximate surface area is 124 Å². The maximum absolute atomic E-state index is 11.7. The van der Waals surface area contributed by atoms with Gasteiger partial charge in [-0.1, -0.05) is 17.3 Å². The number of carbonyl (C=O) groups is 1. The highest BCUT2D eigenvalue weighted by atomic mass is 16.6. The Morgan fingerprint density at radius 2 is 2.05 bits per heavy atom. The van der Waals surface area contributed by atoms with Crippen molar-refractivity contribution in [3.8, 4) is 5.75 Å². The van der Waals surface area contributed by atoms with Gasteiger partial charge in [-0.05, 0) is 39.8 Å². The molecule has 0 saturated heterocycles. The number of hydrogen-bond acceptors (Lipinski definition) is 5. The fourth-order valence-electron chi connectivity index (χ4n) is 1.73. The van der Waals surface area contributed by atoms with Gasteiger partial charge in [0.05, 0.1) is 13.2 Å². The molecule has 0 fully saturated rings. The predicted molar refractivity (Wildman–Crippen MR) is 80.1 cm³/mol. The summed E-state index contributed by atoms with van der Waals surface area (Å²) in [4.78, 5) is 11.7. The number of benzene rings is 1. The predicted octanol–water partition coefficient (Wildman–Crippen LogP) is 2.79. The molecule has 1 aromatic rings. The zero-order chi connectivity index (χ0) is 16.0. The summed E-state index contributed by atoms with van der Waals surface area (Å²) in [5.74, 6) is 0.637. The second-order valence-corrected chi connectivity index (χ2v) is 5.59. The van der Waals surface area contributed by atoms with Crippen LogP contribution in [-0.4, -0.2) is 35.8 Å². The number of carbonyl (C=O) groups excluding carboxylic acids is 1. The largest absolute Gasteiger partial charge is 0.497 e. The van der Waals surface area contributed by atoms with Crippen LogP contribution in [0.4, 0.5) is 4.79 Å². The molecule has 2 N–H and O–H groups in total. The Kier molecular flexibility index (Phi) is 5.58. The second-order valence-electron chi connectivity index (χ2n) is 5.59. The summed E-state index contributed by atoms with van der Waals surface area (Å²) in [6, 6.07) is 6.54. The normalized spacial score (nSPS) is 13.5. The molecule has 6 nitrogen and oxygen atoms in total. The summed E-state index contributed by atoms with van der Waals surface area (Å²) < 4.78 is 10.3. The minimum absolute atomic E-state index is 0.319. The van der Waals surface area contributed by atoms with E-state index in [0.29, 0.717) is 17.0 Å². The lowest BCUT2D eigenvalue weighted by Crippen LogP contribution is -2.42.